The molecule has 4 heterocycles. The number of nitrogens with one attached hydrogen (secondary N) is 1. The van der Waals surface area contributed by atoms with E-state index in [9.17, 15) is 4.79 Å². The zero-order chi connectivity index (χ0) is 27.7. The van der Waals surface area contributed by atoms with Crippen LogP contribution in [0.3, 0.4) is 0 Å². The van der Waals surface area contributed by atoms with E-state index in [1.807, 2.05) is 48.1 Å². The largest absolute Gasteiger partial charge is 0.457 e. The van der Waals surface area contributed by atoms with Crippen LogP contribution in [0, 0.1) is 30.1 Å². The zero-order valence-electron chi connectivity index (χ0n) is 22.9. The van der Waals surface area contributed by atoms with Gasteiger partial charge in [0.15, 0.2) is 17.2 Å². The molecule has 41 heavy (non-hydrogen) atoms. The van der Waals surface area contributed by atoms with Crippen LogP contribution in [0.2, 0.25) is 0 Å². The van der Waals surface area contributed by atoms with Crippen molar-refractivity contribution in [1.82, 2.24) is 29.2 Å². The summed E-state index contributed by atoms with van der Waals surface area (Å²) in [5.74, 6) is 4.69. The SMILES string of the molecule is C=CC(=O)C12CC3CC(c4ccn5ncnc(Nc6ccc(Oc7ccn8ncnc8c7)c(C)c6)c45)CC(C1)C2C3. The van der Waals surface area contributed by atoms with Gasteiger partial charge in [-0.2, -0.15) is 10.2 Å². The number of aryl methyl sites for hydroxylation is 1. The lowest BCUT2D eigenvalue weighted by Crippen LogP contribution is -2.49. The Kier molecular flexibility index (Phi) is 5.32. The smallest absolute Gasteiger partial charge is 0.161 e. The van der Waals surface area contributed by atoms with Gasteiger partial charge in [-0.25, -0.2) is 19.0 Å². The average molecular weight is 546 g/mol. The molecule has 3 aliphatic rings. The number of fused-ring (bicyclic) bond motifs is 3. The first kappa shape index (κ1) is 24.3. The standard InChI is InChI=1S/C32H31N7O2/c1-3-28(40)32-15-20-11-21(13-22(16-32)26(32)12-20)25-7-9-39-30(25)31(34-18-36-39)37-23-4-5-27(19(2)10-23)41-24-6-8-38-29(14-24)33-17-35-38/h3-10,14,17-18,20-22,26H,1,11-13,15-16H2,2H3,(H,34,36,37). The average Bonchev–Trinajstić information content (AvgIpc) is 3.65. The molecule has 9 nitrogen and oxygen atoms in total. The second-order valence-corrected chi connectivity index (χ2v) is 12.1. The predicted octanol–water partition coefficient (Wildman–Crippen LogP) is 6.28. The van der Waals surface area contributed by atoms with Crippen LogP contribution in [-0.4, -0.2) is 35.0 Å². The normalized spacial score (nSPS) is 26.5. The Balaban J connectivity index is 1.05. The fraction of sp³-hybridized carbons (Fsp3) is 0.344. The molecule has 5 aromatic rings. The number of hydrogen-bond donors (Lipinski definition) is 1. The van der Waals surface area contributed by atoms with Crippen LogP contribution in [0.5, 0.6) is 11.5 Å². The van der Waals surface area contributed by atoms with E-state index in [1.165, 1.54) is 18.3 Å². The van der Waals surface area contributed by atoms with Gasteiger partial charge in [0, 0.05) is 29.6 Å². The number of ketones is 1. The molecular formula is C32H31N7O2. The topological polar surface area (TPSA) is 98.7 Å². The molecule has 0 saturated heterocycles. The van der Waals surface area contributed by atoms with E-state index in [0.29, 0.717) is 29.4 Å². The van der Waals surface area contributed by atoms with Crippen molar-refractivity contribution in [3.8, 4) is 11.5 Å². The van der Waals surface area contributed by atoms with E-state index in [1.54, 1.807) is 16.9 Å². The summed E-state index contributed by atoms with van der Waals surface area (Å²) in [5.41, 5.74) is 4.88. The third-order valence-electron chi connectivity index (χ3n) is 9.87. The minimum Gasteiger partial charge on any atom is -0.457 e. The molecular weight excluding hydrogens is 514 g/mol. The summed E-state index contributed by atoms with van der Waals surface area (Å²) in [7, 11) is 0. The van der Waals surface area contributed by atoms with E-state index >= 15 is 0 Å². The number of rotatable bonds is 7. The lowest BCUT2D eigenvalue weighted by atomic mass is 9.51. The van der Waals surface area contributed by atoms with Crippen LogP contribution in [0.4, 0.5) is 11.5 Å². The van der Waals surface area contributed by atoms with Gasteiger partial charge in [-0.1, -0.05) is 6.58 Å². The van der Waals surface area contributed by atoms with E-state index in [4.69, 9.17) is 4.74 Å². The highest BCUT2D eigenvalue weighted by Gasteiger charge is 2.63. The van der Waals surface area contributed by atoms with Crippen LogP contribution >= 0.6 is 0 Å². The second-order valence-electron chi connectivity index (χ2n) is 12.1. The van der Waals surface area contributed by atoms with Crippen molar-refractivity contribution in [2.45, 2.75) is 44.9 Å². The van der Waals surface area contributed by atoms with Crippen LogP contribution in [-0.2, 0) is 4.79 Å². The highest BCUT2D eigenvalue weighted by atomic mass is 16.5. The van der Waals surface area contributed by atoms with Gasteiger partial charge in [0.2, 0.25) is 0 Å². The van der Waals surface area contributed by atoms with Crippen molar-refractivity contribution in [2.24, 2.45) is 23.2 Å². The van der Waals surface area contributed by atoms with Crippen molar-refractivity contribution in [3.63, 3.8) is 0 Å². The number of pyridine rings is 1. The molecule has 3 saturated carbocycles. The number of carbonyl (C=O) groups is 1. The van der Waals surface area contributed by atoms with Crippen molar-refractivity contribution < 1.29 is 9.53 Å². The number of allylic oxidation sites excluding steroid dienone is 1. The number of benzene rings is 1. The maximum absolute atomic E-state index is 12.7. The van der Waals surface area contributed by atoms with Crippen LogP contribution in [0.1, 0.15) is 49.1 Å². The quantitative estimate of drug-likeness (QED) is 0.240. The highest BCUT2D eigenvalue weighted by Crippen LogP contribution is 2.68. The Hall–Kier alpha value is -4.53. The molecule has 0 spiro atoms. The van der Waals surface area contributed by atoms with Gasteiger partial charge >= 0.3 is 0 Å². The fourth-order valence-corrected chi connectivity index (χ4v) is 8.16. The van der Waals surface area contributed by atoms with Crippen LogP contribution in [0.25, 0.3) is 11.2 Å². The summed E-state index contributed by atoms with van der Waals surface area (Å²) in [6.45, 7) is 5.83. The van der Waals surface area contributed by atoms with Gasteiger partial charge in [0.25, 0.3) is 0 Å². The predicted molar refractivity (Wildman–Crippen MR) is 154 cm³/mol. The van der Waals surface area contributed by atoms with Crippen molar-refractivity contribution >= 4 is 28.5 Å². The minimum absolute atomic E-state index is 0.113. The third-order valence-corrected chi connectivity index (χ3v) is 9.87. The van der Waals surface area contributed by atoms with Gasteiger partial charge in [-0.05, 0) is 110 Å². The summed E-state index contributed by atoms with van der Waals surface area (Å²) in [4.78, 5) is 21.7. The summed E-state index contributed by atoms with van der Waals surface area (Å²) in [5, 5.41) is 12.2. The van der Waals surface area contributed by atoms with Crippen molar-refractivity contribution in [3.05, 3.63) is 85.2 Å². The molecule has 9 heteroatoms. The van der Waals surface area contributed by atoms with Gasteiger partial charge < -0.3 is 10.1 Å². The molecule has 3 aliphatic carbocycles. The molecule has 5 unspecified atom stereocenters. The molecule has 4 aromatic heterocycles. The highest BCUT2D eigenvalue weighted by molar-refractivity contribution is 5.95. The molecule has 1 N–H and O–H groups in total. The molecule has 3 fully saturated rings. The Labute approximate surface area is 237 Å². The summed E-state index contributed by atoms with van der Waals surface area (Å²) in [6, 6.07) is 12.0. The Morgan fingerprint density at radius 1 is 1.05 bits per heavy atom. The molecule has 1 aromatic carbocycles. The first-order chi connectivity index (χ1) is 20.0. The fourth-order valence-electron chi connectivity index (χ4n) is 8.16. The molecule has 0 aliphatic heterocycles. The van der Waals surface area contributed by atoms with Gasteiger partial charge in [-0.3, -0.25) is 4.79 Å². The Morgan fingerprint density at radius 3 is 2.78 bits per heavy atom. The lowest BCUT2D eigenvalue weighted by molar-refractivity contribution is -0.138. The first-order valence-corrected chi connectivity index (χ1v) is 14.3. The second kappa shape index (κ2) is 8.99. The van der Waals surface area contributed by atoms with Crippen molar-refractivity contribution in [2.75, 3.05) is 5.32 Å². The molecule has 5 atom stereocenters. The number of nitrogens with zero attached hydrogens (tertiary/aromatic N) is 6. The van der Waals surface area contributed by atoms with Crippen molar-refractivity contribution in [1.29, 1.82) is 0 Å². The number of aromatic nitrogens is 6. The van der Waals surface area contributed by atoms with Gasteiger partial charge in [-0.15, -0.1) is 0 Å². The molecule has 0 amide bonds. The number of carbonyl (C=O) groups excluding carboxylic acids is 1. The Bertz CT molecular complexity index is 1840. The third kappa shape index (κ3) is 3.78. The molecule has 8 rings (SSSR count). The molecule has 2 bridgehead atoms. The number of hydrogen-bond acceptors (Lipinski definition) is 7. The van der Waals surface area contributed by atoms with Crippen LogP contribution in [0.15, 0.2) is 74.1 Å². The van der Waals surface area contributed by atoms with E-state index in [2.05, 4.69) is 44.2 Å². The summed E-state index contributed by atoms with van der Waals surface area (Å²) in [6.07, 6.45) is 14.0. The molecule has 206 valence electrons. The van der Waals surface area contributed by atoms with Crippen LogP contribution < -0.4 is 10.1 Å². The van der Waals surface area contributed by atoms with Gasteiger partial charge in [0.1, 0.15) is 29.7 Å². The summed E-state index contributed by atoms with van der Waals surface area (Å²) >= 11 is 0. The Morgan fingerprint density at radius 2 is 1.90 bits per heavy atom. The molecule has 0 radical (unpaired) electrons. The summed E-state index contributed by atoms with van der Waals surface area (Å²) < 4.78 is 9.80. The first-order valence-electron chi connectivity index (χ1n) is 14.3. The van der Waals surface area contributed by atoms with Gasteiger partial charge in [0.05, 0.1) is 0 Å². The minimum atomic E-state index is -0.113. The van der Waals surface area contributed by atoms with E-state index in [0.717, 1.165) is 59.7 Å². The maximum atomic E-state index is 12.7. The number of ether oxygens (including phenoxy) is 1. The number of anilines is 2. The lowest BCUT2D eigenvalue weighted by Gasteiger charge is -2.51. The maximum Gasteiger partial charge on any atom is 0.161 e. The van der Waals surface area contributed by atoms with E-state index in [-0.39, 0.29) is 11.2 Å². The monoisotopic (exact) mass is 545 g/mol. The zero-order valence-corrected chi connectivity index (χ0v) is 22.9. The van der Waals surface area contributed by atoms with E-state index < -0.39 is 0 Å².